The van der Waals surface area contributed by atoms with Crippen molar-refractivity contribution in [2.75, 3.05) is 18.4 Å². The van der Waals surface area contributed by atoms with E-state index in [9.17, 15) is 4.79 Å². The summed E-state index contributed by atoms with van der Waals surface area (Å²) in [7, 11) is 0. The van der Waals surface area contributed by atoms with Crippen LogP contribution in [-0.4, -0.2) is 29.0 Å². The first kappa shape index (κ1) is 13.3. The highest BCUT2D eigenvalue weighted by Gasteiger charge is 2.28. The zero-order chi connectivity index (χ0) is 13.0. The quantitative estimate of drug-likeness (QED) is 0.620. The van der Waals surface area contributed by atoms with E-state index < -0.39 is 0 Å². The Morgan fingerprint density at radius 2 is 2.22 bits per heavy atom. The molecule has 0 unspecified atom stereocenters. The largest absolute Gasteiger partial charge is 0.368 e. The van der Waals surface area contributed by atoms with Gasteiger partial charge in [0.2, 0.25) is 5.91 Å². The molecular formula is C12H17BrN4O. The molecule has 1 fully saturated rings. The van der Waals surface area contributed by atoms with E-state index in [-0.39, 0.29) is 11.8 Å². The molecule has 1 aromatic heterocycles. The molecule has 1 heterocycles. The minimum absolute atomic E-state index is 0.176. The zero-order valence-corrected chi connectivity index (χ0v) is 12.0. The standard InChI is InChI=1S/C12H17BrN4O/c1-2-10-16-9(13)7-11(17-10)14-5-6-15-12(18)8-3-4-8/h7-8H,2-6H2,1H3,(H,15,18)(H,14,16,17). The highest BCUT2D eigenvalue weighted by atomic mass is 79.9. The molecule has 0 radical (unpaired) electrons. The van der Waals surface area contributed by atoms with E-state index in [4.69, 9.17) is 0 Å². The van der Waals surface area contributed by atoms with Gasteiger partial charge in [0.1, 0.15) is 16.2 Å². The molecule has 1 aliphatic rings. The Kier molecular flexibility index (Phi) is 4.52. The highest BCUT2D eigenvalue weighted by Crippen LogP contribution is 2.28. The maximum absolute atomic E-state index is 11.4. The summed E-state index contributed by atoms with van der Waals surface area (Å²) in [5.41, 5.74) is 0. The van der Waals surface area contributed by atoms with Crippen LogP contribution in [0, 0.1) is 5.92 Å². The van der Waals surface area contributed by atoms with Crippen LogP contribution in [-0.2, 0) is 11.2 Å². The molecular weight excluding hydrogens is 296 g/mol. The topological polar surface area (TPSA) is 66.9 Å². The highest BCUT2D eigenvalue weighted by molar-refractivity contribution is 9.10. The van der Waals surface area contributed by atoms with Gasteiger partial charge in [0.05, 0.1) is 0 Å². The van der Waals surface area contributed by atoms with E-state index in [2.05, 4.69) is 36.5 Å². The molecule has 0 saturated heterocycles. The lowest BCUT2D eigenvalue weighted by molar-refractivity contribution is -0.122. The third-order valence-electron chi connectivity index (χ3n) is 2.74. The number of rotatable bonds is 6. The molecule has 1 aliphatic carbocycles. The number of nitrogens with one attached hydrogen (secondary N) is 2. The van der Waals surface area contributed by atoms with Crippen LogP contribution in [0.3, 0.4) is 0 Å². The number of amides is 1. The van der Waals surface area contributed by atoms with Gasteiger partial charge in [-0.3, -0.25) is 4.79 Å². The Bertz CT molecular complexity index is 434. The van der Waals surface area contributed by atoms with Crippen LogP contribution >= 0.6 is 15.9 Å². The van der Waals surface area contributed by atoms with Crippen molar-refractivity contribution in [3.05, 3.63) is 16.5 Å². The zero-order valence-electron chi connectivity index (χ0n) is 10.4. The molecule has 98 valence electrons. The van der Waals surface area contributed by atoms with Crippen molar-refractivity contribution in [2.24, 2.45) is 5.92 Å². The van der Waals surface area contributed by atoms with E-state index in [1.165, 1.54) is 0 Å². The number of anilines is 1. The molecule has 2 N–H and O–H groups in total. The van der Waals surface area contributed by atoms with Gasteiger partial charge in [0, 0.05) is 31.5 Å². The predicted molar refractivity (Wildman–Crippen MR) is 73.3 cm³/mol. The van der Waals surface area contributed by atoms with Crippen molar-refractivity contribution in [3.8, 4) is 0 Å². The molecule has 0 spiro atoms. The fourth-order valence-corrected chi connectivity index (χ4v) is 2.00. The summed E-state index contributed by atoms with van der Waals surface area (Å²) >= 11 is 3.35. The molecule has 2 rings (SSSR count). The van der Waals surface area contributed by atoms with Crippen LogP contribution in [0.15, 0.2) is 10.7 Å². The summed E-state index contributed by atoms with van der Waals surface area (Å²) in [6.07, 6.45) is 2.88. The first-order valence-electron chi connectivity index (χ1n) is 6.24. The maximum atomic E-state index is 11.4. The number of halogens is 1. The van der Waals surface area contributed by atoms with E-state index in [0.29, 0.717) is 13.1 Å². The Balaban J connectivity index is 1.75. The molecule has 0 bridgehead atoms. The number of carbonyl (C=O) groups is 1. The van der Waals surface area contributed by atoms with Gasteiger partial charge in [-0.15, -0.1) is 0 Å². The van der Waals surface area contributed by atoms with Gasteiger partial charge in [0.25, 0.3) is 0 Å². The second-order valence-corrected chi connectivity index (χ2v) is 5.15. The first-order valence-corrected chi connectivity index (χ1v) is 7.03. The van der Waals surface area contributed by atoms with Crippen LogP contribution in [0.4, 0.5) is 5.82 Å². The van der Waals surface area contributed by atoms with Gasteiger partial charge < -0.3 is 10.6 Å². The summed E-state index contributed by atoms with van der Waals surface area (Å²) < 4.78 is 0.777. The van der Waals surface area contributed by atoms with Crippen molar-refractivity contribution in [2.45, 2.75) is 26.2 Å². The number of aryl methyl sites for hydroxylation is 1. The number of carbonyl (C=O) groups excluding carboxylic acids is 1. The summed E-state index contributed by atoms with van der Waals surface area (Å²) in [6.45, 7) is 3.31. The number of hydrogen-bond donors (Lipinski definition) is 2. The fourth-order valence-electron chi connectivity index (χ4n) is 1.58. The lowest BCUT2D eigenvalue weighted by Gasteiger charge is -2.08. The summed E-state index contributed by atoms with van der Waals surface area (Å²) in [4.78, 5) is 20.0. The minimum atomic E-state index is 0.176. The number of aromatic nitrogens is 2. The van der Waals surface area contributed by atoms with Gasteiger partial charge in [-0.2, -0.15) is 0 Å². The Morgan fingerprint density at radius 1 is 1.44 bits per heavy atom. The molecule has 0 aliphatic heterocycles. The predicted octanol–water partition coefficient (Wildman–Crippen LogP) is 1.74. The average molecular weight is 313 g/mol. The van der Waals surface area contributed by atoms with Crippen molar-refractivity contribution in [1.29, 1.82) is 0 Å². The average Bonchev–Trinajstić information content (AvgIpc) is 3.17. The van der Waals surface area contributed by atoms with E-state index in [0.717, 1.165) is 35.5 Å². The number of nitrogens with zero attached hydrogens (tertiary/aromatic N) is 2. The lowest BCUT2D eigenvalue weighted by Crippen LogP contribution is -2.30. The molecule has 5 nitrogen and oxygen atoms in total. The van der Waals surface area contributed by atoms with Crippen molar-refractivity contribution in [3.63, 3.8) is 0 Å². The van der Waals surface area contributed by atoms with Gasteiger partial charge in [-0.1, -0.05) is 6.92 Å². The SMILES string of the molecule is CCc1nc(Br)cc(NCCNC(=O)C2CC2)n1. The minimum Gasteiger partial charge on any atom is -0.368 e. The van der Waals surface area contributed by atoms with Crippen molar-refractivity contribution < 1.29 is 4.79 Å². The van der Waals surface area contributed by atoms with Crippen molar-refractivity contribution in [1.82, 2.24) is 15.3 Å². The summed E-state index contributed by atoms with van der Waals surface area (Å²) in [5, 5.41) is 6.08. The van der Waals surface area contributed by atoms with Crippen LogP contribution in [0.2, 0.25) is 0 Å². The van der Waals surface area contributed by atoms with E-state index in [1.54, 1.807) is 0 Å². The van der Waals surface area contributed by atoms with Gasteiger partial charge in [0.15, 0.2) is 0 Å². The molecule has 1 saturated carbocycles. The van der Waals surface area contributed by atoms with E-state index >= 15 is 0 Å². The maximum Gasteiger partial charge on any atom is 0.223 e. The normalized spacial score (nSPS) is 14.3. The van der Waals surface area contributed by atoms with Crippen LogP contribution in [0.25, 0.3) is 0 Å². The molecule has 0 aromatic carbocycles. The monoisotopic (exact) mass is 312 g/mol. The lowest BCUT2D eigenvalue weighted by atomic mass is 10.4. The van der Waals surface area contributed by atoms with Gasteiger partial charge >= 0.3 is 0 Å². The van der Waals surface area contributed by atoms with Crippen LogP contribution < -0.4 is 10.6 Å². The molecule has 6 heteroatoms. The van der Waals surface area contributed by atoms with Crippen LogP contribution in [0.1, 0.15) is 25.6 Å². The third kappa shape index (κ3) is 3.94. The summed E-state index contributed by atoms with van der Waals surface area (Å²) in [5.74, 6) is 2.03. The van der Waals surface area contributed by atoms with E-state index in [1.807, 2.05) is 13.0 Å². The fraction of sp³-hybridized carbons (Fsp3) is 0.583. The van der Waals surface area contributed by atoms with Crippen LogP contribution in [0.5, 0.6) is 0 Å². The number of hydrogen-bond acceptors (Lipinski definition) is 4. The second-order valence-electron chi connectivity index (χ2n) is 4.34. The second kappa shape index (κ2) is 6.13. The Labute approximate surface area is 115 Å². The molecule has 0 atom stereocenters. The molecule has 1 aromatic rings. The summed E-state index contributed by atoms with van der Waals surface area (Å²) in [6, 6.07) is 1.84. The first-order chi connectivity index (χ1) is 8.69. The Morgan fingerprint density at radius 3 is 2.89 bits per heavy atom. The molecule has 1 amide bonds. The smallest absolute Gasteiger partial charge is 0.223 e. The Hall–Kier alpha value is -1.17. The van der Waals surface area contributed by atoms with Gasteiger partial charge in [-0.25, -0.2) is 9.97 Å². The van der Waals surface area contributed by atoms with Gasteiger partial charge in [-0.05, 0) is 28.8 Å². The third-order valence-corrected chi connectivity index (χ3v) is 3.14. The van der Waals surface area contributed by atoms with Crippen molar-refractivity contribution >= 4 is 27.7 Å². The molecule has 18 heavy (non-hydrogen) atoms.